The van der Waals surface area contributed by atoms with E-state index in [9.17, 15) is 9.59 Å². The lowest BCUT2D eigenvalue weighted by Gasteiger charge is -2.04. The van der Waals surface area contributed by atoms with Gasteiger partial charge in [0.1, 0.15) is 5.84 Å². The Morgan fingerprint density at radius 1 is 1.58 bits per heavy atom. The lowest BCUT2D eigenvalue weighted by molar-refractivity contribution is -0.153. The summed E-state index contributed by atoms with van der Waals surface area (Å²) < 4.78 is 6.29. The maximum atomic E-state index is 11.4. The van der Waals surface area contributed by atoms with Crippen LogP contribution in [0.4, 0.5) is 0 Å². The van der Waals surface area contributed by atoms with E-state index in [4.69, 9.17) is 5.41 Å². The molecule has 2 rings (SSSR count). The predicted molar refractivity (Wildman–Crippen MR) is 66.6 cm³/mol. The highest BCUT2D eigenvalue weighted by molar-refractivity contribution is 6.36. The number of aromatic nitrogens is 2. The number of nitrogens with zero attached hydrogens (tertiary/aromatic N) is 2. The minimum atomic E-state index is -0.988. The molecule has 0 aliphatic heterocycles. The van der Waals surface area contributed by atoms with Gasteiger partial charge in [-0.25, -0.2) is 4.79 Å². The Kier molecular flexibility index (Phi) is 3.94. The van der Waals surface area contributed by atoms with E-state index in [1.165, 1.54) is 19.0 Å². The van der Waals surface area contributed by atoms with Crippen LogP contribution in [0.5, 0.6) is 0 Å². The molecular weight excluding hydrogens is 248 g/mol. The summed E-state index contributed by atoms with van der Waals surface area (Å²) in [5.74, 6) is -1.41. The molecule has 1 aliphatic rings. The molecule has 7 nitrogen and oxygen atoms in total. The molecule has 1 saturated carbocycles. The van der Waals surface area contributed by atoms with Crippen LogP contribution in [-0.2, 0) is 20.9 Å². The van der Waals surface area contributed by atoms with Crippen molar-refractivity contribution in [2.24, 2.45) is 5.92 Å². The number of hydrogen-bond donors (Lipinski definition) is 2. The van der Waals surface area contributed by atoms with Crippen molar-refractivity contribution in [1.82, 2.24) is 15.1 Å². The molecule has 1 heterocycles. The first-order valence-corrected chi connectivity index (χ1v) is 6.19. The van der Waals surface area contributed by atoms with E-state index in [1.807, 2.05) is 0 Å². The van der Waals surface area contributed by atoms with E-state index in [2.05, 4.69) is 15.2 Å². The highest BCUT2D eigenvalue weighted by Crippen LogP contribution is 2.30. The number of nitrogens with one attached hydrogen (secondary N) is 2. The van der Waals surface area contributed by atoms with Crippen molar-refractivity contribution in [1.29, 1.82) is 5.41 Å². The molecule has 0 bridgehead atoms. The van der Waals surface area contributed by atoms with Gasteiger partial charge in [-0.3, -0.25) is 14.9 Å². The zero-order valence-corrected chi connectivity index (χ0v) is 10.7. The molecule has 0 atom stereocenters. The van der Waals surface area contributed by atoms with Crippen molar-refractivity contribution in [2.75, 3.05) is 6.61 Å². The van der Waals surface area contributed by atoms with E-state index in [-0.39, 0.29) is 12.4 Å². The molecular formula is C12H16N4O3. The van der Waals surface area contributed by atoms with Crippen LogP contribution in [0.15, 0.2) is 12.4 Å². The molecule has 0 aromatic carbocycles. The largest absolute Gasteiger partial charge is 0.459 e. The summed E-state index contributed by atoms with van der Waals surface area (Å²) in [6.07, 6.45) is 5.61. The van der Waals surface area contributed by atoms with E-state index < -0.39 is 11.9 Å². The number of amides is 1. The minimum Gasteiger partial charge on any atom is -0.459 e. The summed E-state index contributed by atoms with van der Waals surface area (Å²) in [6.45, 7) is 2.57. The molecule has 0 unspecified atom stereocenters. The fourth-order valence-corrected chi connectivity index (χ4v) is 1.59. The third-order valence-electron chi connectivity index (χ3n) is 2.76. The van der Waals surface area contributed by atoms with Crippen LogP contribution >= 0.6 is 0 Å². The van der Waals surface area contributed by atoms with Gasteiger partial charge >= 0.3 is 11.9 Å². The quantitative estimate of drug-likeness (QED) is 0.353. The number of carbonyl (C=O) groups excluding carboxylic acids is 2. The Bertz CT molecular complexity index is 505. The van der Waals surface area contributed by atoms with Gasteiger partial charge < -0.3 is 10.1 Å². The number of carbonyl (C=O) groups is 2. The standard InChI is InChI=1S/C12H16N4O3/c1-2-19-12(18)11(17)15-10(13)9-5-14-16(7-9)6-8-3-4-8/h5,7-8H,2-4,6H2,1H3,(H2,13,15,17). The SMILES string of the molecule is CCOC(=O)C(=O)NC(=N)c1cnn(CC2CC2)c1. The second-order valence-electron chi connectivity index (χ2n) is 4.44. The summed E-state index contributed by atoms with van der Waals surface area (Å²) in [4.78, 5) is 22.5. The maximum Gasteiger partial charge on any atom is 0.397 e. The van der Waals surface area contributed by atoms with Gasteiger partial charge in [0.05, 0.1) is 18.4 Å². The van der Waals surface area contributed by atoms with Gasteiger partial charge in [0, 0.05) is 12.7 Å². The van der Waals surface area contributed by atoms with E-state index in [1.54, 1.807) is 17.8 Å². The Labute approximate surface area is 110 Å². The number of esters is 1. The molecule has 0 spiro atoms. The number of rotatable bonds is 4. The van der Waals surface area contributed by atoms with E-state index in [0.29, 0.717) is 11.5 Å². The Balaban J connectivity index is 1.89. The van der Waals surface area contributed by atoms with Gasteiger partial charge in [-0.1, -0.05) is 0 Å². The molecule has 102 valence electrons. The molecule has 0 saturated heterocycles. The normalized spacial score (nSPS) is 13.9. The van der Waals surface area contributed by atoms with Crippen LogP contribution in [0.3, 0.4) is 0 Å². The highest BCUT2D eigenvalue weighted by atomic mass is 16.5. The van der Waals surface area contributed by atoms with Crippen molar-refractivity contribution in [3.8, 4) is 0 Å². The highest BCUT2D eigenvalue weighted by Gasteiger charge is 2.22. The summed E-state index contributed by atoms with van der Waals surface area (Å²) in [5.41, 5.74) is 0.471. The van der Waals surface area contributed by atoms with Crippen LogP contribution in [-0.4, -0.2) is 34.1 Å². The van der Waals surface area contributed by atoms with Crippen LogP contribution < -0.4 is 5.32 Å². The topological polar surface area (TPSA) is 97.1 Å². The van der Waals surface area contributed by atoms with Crippen LogP contribution in [0, 0.1) is 11.3 Å². The van der Waals surface area contributed by atoms with Crippen molar-refractivity contribution < 1.29 is 14.3 Å². The average Bonchev–Trinajstić information content (AvgIpc) is 3.05. The monoisotopic (exact) mass is 264 g/mol. The van der Waals surface area contributed by atoms with Gasteiger partial charge in [-0.05, 0) is 25.7 Å². The first-order chi connectivity index (χ1) is 9.10. The zero-order chi connectivity index (χ0) is 13.8. The smallest absolute Gasteiger partial charge is 0.397 e. The van der Waals surface area contributed by atoms with E-state index >= 15 is 0 Å². The average molecular weight is 264 g/mol. The summed E-state index contributed by atoms with van der Waals surface area (Å²) in [5, 5.41) is 14.0. The van der Waals surface area contributed by atoms with E-state index in [0.717, 1.165) is 6.54 Å². The fraction of sp³-hybridized carbons (Fsp3) is 0.500. The van der Waals surface area contributed by atoms with Crippen molar-refractivity contribution in [2.45, 2.75) is 26.3 Å². The summed E-state index contributed by atoms with van der Waals surface area (Å²) in [6, 6.07) is 0. The molecule has 7 heteroatoms. The first-order valence-electron chi connectivity index (χ1n) is 6.19. The van der Waals surface area contributed by atoms with Gasteiger partial charge in [0.2, 0.25) is 0 Å². The summed E-state index contributed by atoms with van der Waals surface area (Å²) in [7, 11) is 0. The molecule has 19 heavy (non-hydrogen) atoms. The van der Waals surface area contributed by atoms with Crippen molar-refractivity contribution >= 4 is 17.7 Å². The number of ether oxygens (including phenoxy) is 1. The van der Waals surface area contributed by atoms with Gasteiger partial charge in [-0.15, -0.1) is 0 Å². The van der Waals surface area contributed by atoms with Crippen LogP contribution in [0.1, 0.15) is 25.3 Å². The third kappa shape index (κ3) is 3.64. The van der Waals surface area contributed by atoms with Crippen LogP contribution in [0.2, 0.25) is 0 Å². The molecule has 2 N–H and O–H groups in total. The minimum absolute atomic E-state index is 0.124. The lowest BCUT2D eigenvalue weighted by Crippen LogP contribution is -2.37. The van der Waals surface area contributed by atoms with Gasteiger partial charge in [-0.2, -0.15) is 5.10 Å². The molecule has 1 aromatic rings. The molecule has 1 aromatic heterocycles. The molecule has 0 radical (unpaired) electrons. The van der Waals surface area contributed by atoms with Crippen LogP contribution in [0.25, 0.3) is 0 Å². The maximum absolute atomic E-state index is 11.4. The third-order valence-corrected chi connectivity index (χ3v) is 2.76. The molecule has 1 aliphatic carbocycles. The van der Waals surface area contributed by atoms with Gasteiger partial charge in [0.15, 0.2) is 0 Å². The van der Waals surface area contributed by atoms with Crippen molar-refractivity contribution in [3.05, 3.63) is 18.0 Å². The lowest BCUT2D eigenvalue weighted by atomic mass is 10.3. The summed E-state index contributed by atoms with van der Waals surface area (Å²) >= 11 is 0. The Morgan fingerprint density at radius 2 is 2.32 bits per heavy atom. The Morgan fingerprint density at radius 3 is 2.95 bits per heavy atom. The molecule has 1 fully saturated rings. The first kappa shape index (κ1) is 13.3. The number of amidine groups is 1. The fourth-order valence-electron chi connectivity index (χ4n) is 1.59. The number of hydrogen-bond acceptors (Lipinski definition) is 5. The van der Waals surface area contributed by atoms with Gasteiger partial charge in [0.25, 0.3) is 0 Å². The Hall–Kier alpha value is -2.18. The second-order valence-corrected chi connectivity index (χ2v) is 4.44. The predicted octanol–water partition coefficient (Wildman–Crippen LogP) is 0.298. The van der Waals surface area contributed by atoms with Crippen molar-refractivity contribution in [3.63, 3.8) is 0 Å². The zero-order valence-electron chi connectivity index (χ0n) is 10.7. The molecule has 1 amide bonds. The second kappa shape index (κ2) is 5.64.